The topological polar surface area (TPSA) is 20.2 Å². The molecule has 1 aromatic carbocycles. The number of aromatic hydroxyl groups is 1. The first kappa shape index (κ1) is 15.6. The predicted octanol–water partition coefficient (Wildman–Crippen LogP) is 2.92. The lowest BCUT2D eigenvalue weighted by molar-refractivity contribution is 0.284. The Bertz CT molecular complexity index is 320. The SMILES string of the molecule is CC(C)(C)CC(C)(C)c1ccc(O)cc1.[AlH3]. The van der Waals surface area contributed by atoms with Crippen molar-refractivity contribution in [3.63, 3.8) is 0 Å². The maximum Gasteiger partial charge on any atom is 0.187 e. The molecule has 0 fully saturated rings. The fourth-order valence-electron chi connectivity index (χ4n) is 2.34. The molecular weight excluding hydrogens is 211 g/mol. The van der Waals surface area contributed by atoms with E-state index in [1.165, 1.54) is 5.56 Å². The van der Waals surface area contributed by atoms with Gasteiger partial charge in [0.1, 0.15) is 5.75 Å². The molecule has 16 heavy (non-hydrogen) atoms. The summed E-state index contributed by atoms with van der Waals surface area (Å²) in [6.45, 7) is 11.3. The van der Waals surface area contributed by atoms with Crippen LogP contribution in [0.5, 0.6) is 5.75 Å². The van der Waals surface area contributed by atoms with Gasteiger partial charge in [-0.1, -0.05) is 46.8 Å². The molecule has 2 heteroatoms. The first-order valence-electron chi connectivity index (χ1n) is 5.50. The van der Waals surface area contributed by atoms with Gasteiger partial charge >= 0.3 is 0 Å². The second-order valence-corrected chi connectivity index (χ2v) is 6.17. The van der Waals surface area contributed by atoms with E-state index in [2.05, 4.69) is 34.6 Å². The average molecular weight is 236 g/mol. The Morgan fingerprint density at radius 3 is 1.75 bits per heavy atom. The van der Waals surface area contributed by atoms with Gasteiger partial charge in [0.05, 0.1) is 0 Å². The molecule has 1 aromatic rings. The van der Waals surface area contributed by atoms with Crippen LogP contribution in [-0.4, -0.2) is 22.5 Å². The highest BCUT2D eigenvalue weighted by Crippen LogP contribution is 2.36. The predicted molar refractivity (Wildman–Crippen MR) is 75.1 cm³/mol. The fraction of sp³-hybridized carbons (Fsp3) is 0.571. The molecule has 0 unspecified atom stereocenters. The van der Waals surface area contributed by atoms with Crippen molar-refractivity contribution in [1.82, 2.24) is 0 Å². The number of rotatable bonds is 2. The highest BCUT2D eigenvalue weighted by Gasteiger charge is 2.26. The van der Waals surface area contributed by atoms with Crippen molar-refractivity contribution in [2.24, 2.45) is 5.41 Å². The molecule has 0 spiro atoms. The third-order valence-corrected chi connectivity index (χ3v) is 2.62. The van der Waals surface area contributed by atoms with Crippen molar-refractivity contribution in [1.29, 1.82) is 0 Å². The third-order valence-electron chi connectivity index (χ3n) is 2.62. The van der Waals surface area contributed by atoms with Crippen LogP contribution in [-0.2, 0) is 5.41 Å². The van der Waals surface area contributed by atoms with Crippen molar-refractivity contribution in [2.75, 3.05) is 0 Å². The van der Waals surface area contributed by atoms with Gasteiger partial charge in [0.15, 0.2) is 17.4 Å². The second-order valence-electron chi connectivity index (χ2n) is 6.17. The smallest absolute Gasteiger partial charge is 0.187 e. The lowest BCUT2D eigenvalue weighted by Crippen LogP contribution is -2.24. The van der Waals surface area contributed by atoms with Gasteiger partial charge in [-0.3, -0.25) is 0 Å². The number of benzene rings is 1. The summed E-state index contributed by atoms with van der Waals surface area (Å²) < 4.78 is 0. The van der Waals surface area contributed by atoms with Crippen LogP contribution in [0.3, 0.4) is 0 Å². The number of hydrogen-bond acceptors (Lipinski definition) is 1. The van der Waals surface area contributed by atoms with Crippen LogP contribution in [0.25, 0.3) is 0 Å². The van der Waals surface area contributed by atoms with Gasteiger partial charge in [-0.05, 0) is 34.9 Å². The summed E-state index contributed by atoms with van der Waals surface area (Å²) in [5.74, 6) is 0.338. The van der Waals surface area contributed by atoms with Crippen molar-refractivity contribution in [3.05, 3.63) is 29.8 Å². The molecule has 1 nitrogen and oxygen atoms in total. The highest BCUT2D eigenvalue weighted by atomic mass is 27.0. The van der Waals surface area contributed by atoms with E-state index in [-0.39, 0.29) is 22.8 Å². The molecule has 0 aliphatic rings. The van der Waals surface area contributed by atoms with Crippen molar-refractivity contribution >= 4 is 17.4 Å². The molecule has 0 radical (unpaired) electrons. The first-order chi connectivity index (χ1) is 6.71. The molecule has 0 aromatic heterocycles. The van der Waals surface area contributed by atoms with Crippen LogP contribution >= 0.6 is 0 Å². The van der Waals surface area contributed by atoms with E-state index in [1.807, 2.05) is 12.1 Å². The van der Waals surface area contributed by atoms with E-state index < -0.39 is 0 Å². The molecule has 1 N–H and O–H groups in total. The fourth-order valence-corrected chi connectivity index (χ4v) is 2.34. The van der Waals surface area contributed by atoms with Crippen molar-refractivity contribution in [2.45, 2.75) is 46.5 Å². The average Bonchev–Trinajstić information content (AvgIpc) is 2.00. The van der Waals surface area contributed by atoms with E-state index in [1.54, 1.807) is 12.1 Å². The lowest BCUT2D eigenvalue weighted by Gasteiger charge is -2.33. The Hall–Kier alpha value is -0.448. The second kappa shape index (κ2) is 5.26. The zero-order chi connectivity index (χ0) is 11.7. The van der Waals surface area contributed by atoms with Crippen LogP contribution in [0.2, 0.25) is 0 Å². The molecule has 1 rings (SSSR count). The Morgan fingerprint density at radius 2 is 1.38 bits per heavy atom. The molecule has 0 aliphatic heterocycles. The summed E-state index contributed by atoms with van der Waals surface area (Å²) in [5, 5.41) is 9.25. The van der Waals surface area contributed by atoms with Crippen LogP contribution in [0.4, 0.5) is 0 Å². The molecule has 0 aliphatic carbocycles. The van der Waals surface area contributed by atoms with Gasteiger partial charge in [-0.15, -0.1) is 0 Å². The molecule has 0 heterocycles. The zero-order valence-corrected chi connectivity index (χ0v) is 10.5. The van der Waals surface area contributed by atoms with Gasteiger partial charge in [0.25, 0.3) is 0 Å². The maximum atomic E-state index is 9.25. The van der Waals surface area contributed by atoms with Crippen LogP contribution in [0.1, 0.15) is 46.6 Å². The van der Waals surface area contributed by atoms with Gasteiger partial charge < -0.3 is 5.11 Å². The summed E-state index contributed by atoms with van der Waals surface area (Å²) in [5.41, 5.74) is 1.77. The van der Waals surface area contributed by atoms with Crippen molar-refractivity contribution in [3.8, 4) is 5.75 Å². The minimum atomic E-state index is 0. The standard InChI is InChI=1S/C14H22O.Al.3H/c1-13(2,3)10-14(4,5)11-6-8-12(15)9-7-11;;;;/h6-9,15H,10H2,1-5H3;;;;. The number of phenolic OH excluding ortho intramolecular Hbond substituents is 1. The summed E-state index contributed by atoms with van der Waals surface area (Å²) in [7, 11) is 0. The van der Waals surface area contributed by atoms with E-state index in [0.717, 1.165) is 6.42 Å². The highest BCUT2D eigenvalue weighted by molar-refractivity contribution is 5.75. The van der Waals surface area contributed by atoms with Gasteiger partial charge in [0.2, 0.25) is 0 Å². The summed E-state index contributed by atoms with van der Waals surface area (Å²) in [6.07, 6.45) is 1.13. The first-order valence-corrected chi connectivity index (χ1v) is 5.50. The van der Waals surface area contributed by atoms with Crippen LogP contribution < -0.4 is 0 Å². The summed E-state index contributed by atoms with van der Waals surface area (Å²) in [4.78, 5) is 0. The Morgan fingerprint density at radius 1 is 0.938 bits per heavy atom. The maximum absolute atomic E-state index is 9.25. The Kier molecular flexibility index (Phi) is 5.11. The third kappa shape index (κ3) is 4.60. The monoisotopic (exact) mass is 236 g/mol. The quantitative estimate of drug-likeness (QED) is 0.783. The van der Waals surface area contributed by atoms with Crippen molar-refractivity contribution < 1.29 is 5.11 Å². The van der Waals surface area contributed by atoms with Crippen LogP contribution in [0, 0.1) is 5.41 Å². The largest absolute Gasteiger partial charge is 0.508 e. The van der Waals surface area contributed by atoms with Gasteiger partial charge in [-0.2, -0.15) is 0 Å². The Labute approximate surface area is 110 Å². The minimum absolute atomic E-state index is 0. The lowest BCUT2D eigenvalue weighted by atomic mass is 9.72. The minimum Gasteiger partial charge on any atom is -0.508 e. The van der Waals surface area contributed by atoms with E-state index in [4.69, 9.17) is 0 Å². The van der Waals surface area contributed by atoms with E-state index in [0.29, 0.717) is 11.2 Å². The molecule has 0 saturated carbocycles. The molecular formula is C14H25AlO. The number of phenols is 1. The number of hydrogen-bond donors (Lipinski definition) is 1. The van der Waals surface area contributed by atoms with E-state index >= 15 is 0 Å². The normalized spacial score (nSPS) is 12.1. The van der Waals surface area contributed by atoms with E-state index in [9.17, 15) is 5.11 Å². The molecule has 0 amide bonds. The Balaban J connectivity index is 0.00000225. The van der Waals surface area contributed by atoms with Gasteiger partial charge in [-0.25, -0.2) is 0 Å². The molecule has 90 valence electrons. The summed E-state index contributed by atoms with van der Waals surface area (Å²) in [6, 6.07) is 7.56. The van der Waals surface area contributed by atoms with Crippen LogP contribution in [0.15, 0.2) is 24.3 Å². The zero-order valence-electron chi connectivity index (χ0n) is 10.5. The molecule has 0 bridgehead atoms. The van der Waals surface area contributed by atoms with Gasteiger partial charge in [0, 0.05) is 0 Å². The summed E-state index contributed by atoms with van der Waals surface area (Å²) >= 11 is 0. The molecule has 0 saturated heterocycles. The molecule has 0 atom stereocenters.